The maximum atomic E-state index is 11.7. The highest BCUT2D eigenvalue weighted by molar-refractivity contribution is 5.78. The summed E-state index contributed by atoms with van der Waals surface area (Å²) in [5.41, 5.74) is 5.60. The van der Waals surface area contributed by atoms with E-state index in [1.54, 1.807) is 0 Å². The molecular weight excluding hydrogens is 198 g/mol. The molecule has 0 spiro atoms. The molecule has 1 aliphatic carbocycles. The normalized spacial score (nSPS) is 17.8. The van der Waals surface area contributed by atoms with E-state index >= 15 is 0 Å². The number of ketones is 1. The molecule has 94 valence electrons. The lowest BCUT2D eigenvalue weighted by Crippen LogP contribution is -2.15. The minimum absolute atomic E-state index is 0.467. The highest BCUT2D eigenvalue weighted by atomic mass is 16.1. The van der Waals surface area contributed by atoms with Crippen molar-refractivity contribution in [1.82, 2.24) is 0 Å². The summed E-state index contributed by atoms with van der Waals surface area (Å²) in [5.74, 6) is 2.64. The van der Waals surface area contributed by atoms with Gasteiger partial charge in [0.15, 0.2) is 0 Å². The summed E-state index contributed by atoms with van der Waals surface area (Å²) in [6, 6.07) is 0. The molecule has 1 atom stereocenters. The van der Waals surface area contributed by atoms with Gasteiger partial charge >= 0.3 is 0 Å². The standard InChI is InChI=1S/C14H27NO/c1-11(2)13(9-10-15)6-8-14(16)7-5-12-3-4-12/h11-13H,3-10,15H2,1-2H3. The maximum absolute atomic E-state index is 11.7. The molecule has 0 aromatic rings. The fraction of sp³-hybridized carbons (Fsp3) is 0.929. The summed E-state index contributed by atoms with van der Waals surface area (Å²) in [4.78, 5) is 11.7. The Morgan fingerprint density at radius 1 is 1.25 bits per heavy atom. The summed E-state index contributed by atoms with van der Waals surface area (Å²) in [6.07, 6.45) is 7.55. The van der Waals surface area contributed by atoms with E-state index in [9.17, 15) is 4.79 Å². The summed E-state index contributed by atoms with van der Waals surface area (Å²) in [7, 11) is 0. The van der Waals surface area contributed by atoms with E-state index in [-0.39, 0.29) is 0 Å². The van der Waals surface area contributed by atoms with Crippen molar-refractivity contribution >= 4 is 5.78 Å². The molecule has 1 fully saturated rings. The summed E-state index contributed by atoms with van der Waals surface area (Å²) < 4.78 is 0. The van der Waals surface area contributed by atoms with E-state index in [2.05, 4.69) is 13.8 Å². The molecular formula is C14H27NO. The van der Waals surface area contributed by atoms with Crippen LogP contribution in [0.4, 0.5) is 0 Å². The second kappa shape index (κ2) is 7.05. The van der Waals surface area contributed by atoms with Gasteiger partial charge in [0.1, 0.15) is 5.78 Å². The van der Waals surface area contributed by atoms with E-state index in [0.29, 0.717) is 17.6 Å². The number of hydrogen-bond donors (Lipinski definition) is 1. The van der Waals surface area contributed by atoms with Crippen LogP contribution in [-0.2, 0) is 4.79 Å². The minimum Gasteiger partial charge on any atom is -0.330 e. The molecule has 0 radical (unpaired) electrons. The molecule has 1 aliphatic rings. The third-order valence-electron chi connectivity index (χ3n) is 3.80. The van der Waals surface area contributed by atoms with Crippen molar-refractivity contribution in [2.45, 2.75) is 58.8 Å². The van der Waals surface area contributed by atoms with Gasteiger partial charge in [-0.25, -0.2) is 0 Å². The third-order valence-corrected chi connectivity index (χ3v) is 3.80. The van der Waals surface area contributed by atoms with Crippen LogP contribution in [0.15, 0.2) is 0 Å². The van der Waals surface area contributed by atoms with Gasteiger partial charge in [0, 0.05) is 12.8 Å². The van der Waals surface area contributed by atoms with Gasteiger partial charge in [-0.1, -0.05) is 26.7 Å². The highest BCUT2D eigenvalue weighted by Crippen LogP contribution is 2.33. The average Bonchev–Trinajstić information content (AvgIpc) is 3.04. The van der Waals surface area contributed by atoms with Crippen LogP contribution < -0.4 is 5.73 Å². The van der Waals surface area contributed by atoms with Gasteiger partial charge < -0.3 is 5.73 Å². The molecule has 2 heteroatoms. The monoisotopic (exact) mass is 225 g/mol. The van der Waals surface area contributed by atoms with Gasteiger partial charge in [-0.05, 0) is 43.6 Å². The first-order chi connectivity index (χ1) is 7.63. The fourth-order valence-corrected chi connectivity index (χ4v) is 2.27. The molecule has 0 bridgehead atoms. The molecule has 0 aromatic heterocycles. The number of hydrogen-bond acceptors (Lipinski definition) is 2. The number of carbonyl (C=O) groups excluding carboxylic acids is 1. The summed E-state index contributed by atoms with van der Waals surface area (Å²) in [6.45, 7) is 5.21. The molecule has 0 amide bonds. The second-order valence-electron chi connectivity index (χ2n) is 5.64. The first-order valence-corrected chi connectivity index (χ1v) is 6.85. The molecule has 1 saturated carbocycles. The van der Waals surface area contributed by atoms with Crippen molar-refractivity contribution in [2.75, 3.05) is 6.54 Å². The number of Topliss-reactive ketones (excluding diaryl/α,β-unsaturated/α-hetero) is 1. The van der Waals surface area contributed by atoms with Gasteiger partial charge in [0.05, 0.1) is 0 Å². The lowest BCUT2D eigenvalue weighted by Gasteiger charge is -2.19. The zero-order chi connectivity index (χ0) is 12.0. The summed E-state index contributed by atoms with van der Waals surface area (Å²) in [5, 5.41) is 0. The quantitative estimate of drug-likeness (QED) is 0.655. The first kappa shape index (κ1) is 13.7. The molecule has 0 saturated heterocycles. The first-order valence-electron chi connectivity index (χ1n) is 6.85. The van der Waals surface area contributed by atoms with Crippen molar-refractivity contribution in [3.63, 3.8) is 0 Å². The molecule has 2 nitrogen and oxygen atoms in total. The topological polar surface area (TPSA) is 43.1 Å². The Kier molecular flexibility index (Phi) is 6.04. The highest BCUT2D eigenvalue weighted by Gasteiger charge is 2.22. The van der Waals surface area contributed by atoms with Crippen molar-refractivity contribution in [3.05, 3.63) is 0 Å². The lowest BCUT2D eigenvalue weighted by atomic mass is 9.87. The van der Waals surface area contributed by atoms with Gasteiger partial charge in [0.2, 0.25) is 0 Å². The van der Waals surface area contributed by atoms with Crippen molar-refractivity contribution in [2.24, 2.45) is 23.5 Å². The molecule has 1 unspecified atom stereocenters. The lowest BCUT2D eigenvalue weighted by molar-refractivity contribution is -0.119. The Bertz CT molecular complexity index is 209. The van der Waals surface area contributed by atoms with Crippen molar-refractivity contribution in [3.8, 4) is 0 Å². The molecule has 1 rings (SSSR count). The van der Waals surface area contributed by atoms with Gasteiger partial charge in [-0.3, -0.25) is 4.79 Å². The maximum Gasteiger partial charge on any atom is 0.132 e. The largest absolute Gasteiger partial charge is 0.330 e. The Labute approximate surface area is 100.0 Å². The SMILES string of the molecule is CC(C)C(CCN)CCC(=O)CCC1CC1. The van der Waals surface area contributed by atoms with Crippen LogP contribution >= 0.6 is 0 Å². The van der Waals surface area contributed by atoms with Crippen LogP contribution in [0, 0.1) is 17.8 Å². The summed E-state index contributed by atoms with van der Waals surface area (Å²) >= 11 is 0. The zero-order valence-electron chi connectivity index (χ0n) is 10.9. The molecule has 16 heavy (non-hydrogen) atoms. The van der Waals surface area contributed by atoms with E-state index < -0.39 is 0 Å². The molecule has 2 N–H and O–H groups in total. The van der Waals surface area contributed by atoms with Crippen LogP contribution in [0.2, 0.25) is 0 Å². The van der Waals surface area contributed by atoms with Crippen LogP contribution in [0.5, 0.6) is 0 Å². The Morgan fingerprint density at radius 3 is 2.44 bits per heavy atom. The van der Waals surface area contributed by atoms with E-state index in [1.807, 2.05) is 0 Å². The second-order valence-corrected chi connectivity index (χ2v) is 5.64. The molecule has 0 aromatic carbocycles. The smallest absolute Gasteiger partial charge is 0.132 e. The van der Waals surface area contributed by atoms with Crippen molar-refractivity contribution in [1.29, 1.82) is 0 Å². The number of rotatable bonds is 9. The average molecular weight is 225 g/mol. The Morgan fingerprint density at radius 2 is 1.94 bits per heavy atom. The van der Waals surface area contributed by atoms with Crippen LogP contribution in [0.1, 0.15) is 58.8 Å². The number of nitrogens with two attached hydrogens (primary N) is 1. The van der Waals surface area contributed by atoms with E-state index in [4.69, 9.17) is 5.73 Å². The van der Waals surface area contributed by atoms with Gasteiger partial charge in [-0.2, -0.15) is 0 Å². The number of carbonyl (C=O) groups is 1. The zero-order valence-corrected chi connectivity index (χ0v) is 10.9. The van der Waals surface area contributed by atoms with Gasteiger partial charge in [-0.15, -0.1) is 0 Å². The molecule has 0 aliphatic heterocycles. The Balaban J connectivity index is 2.11. The predicted octanol–water partition coefficient (Wildman–Crippen LogP) is 3.15. The van der Waals surface area contributed by atoms with Crippen LogP contribution in [0.25, 0.3) is 0 Å². The van der Waals surface area contributed by atoms with E-state index in [0.717, 1.165) is 44.6 Å². The molecule has 0 heterocycles. The third kappa shape index (κ3) is 5.64. The fourth-order valence-electron chi connectivity index (χ4n) is 2.27. The van der Waals surface area contributed by atoms with Gasteiger partial charge in [0.25, 0.3) is 0 Å². The van der Waals surface area contributed by atoms with Crippen LogP contribution in [0.3, 0.4) is 0 Å². The van der Waals surface area contributed by atoms with E-state index in [1.165, 1.54) is 12.8 Å². The predicted molar refractivity (Wildman–Crippen MR) is 68.2 cm³/mol. The Hall–Kier alpha value is -0.370. The minimum atomic E-state index is 0.467. The van der Waals surface area contributed by atoms with Crippen LogP contribution in [-0.4, -0.2) is 12.3 Å². The van der Waals surface area contributed by atoms with Crippen molar-refractivity contribution < 1.29 is 4.79 Å².